The van der Waals surface area contributed by atoms with E-state index in [2.05, 4.69) is 5.32 Å². The van der Waals surface area contributed by atoms with E-state index in [0.717, 1.165) is 25.5 Å². The van der Waals surface area contributed by atoms with E-state index in [4.69, 9.17) is 4.74 Å². The van der Waals surface area contributed by atoms with Gasteiger partial charge in [0.25, 0.3) is 0 Å². The van der Waals surface area contributed by atoms with E-state index in [1.807, 2.05) is 27.7 Å². The number of carbonyl (C=O) groups is 2. The van der Waals surface area contributed by atoms with Crippen molar-refractivity contribution in [1.82, 2.24) is 5.32 Å². The highest BCUT2D eigenvalue weighted by Crippen LogP contribution is 2.13. The van der Waals surface area contributed by atoms with Crippen molar-refractivity contribution in [3.8, 4) is 0 Å². The SMILES string of the molecule is C/C(=C\C=O)CCCCCCCCCCCCNC(=O)OC(C)(C)C. The van der Waals surface area contributed by atoms with Gasteiger partial charge in [0.1, 0.15) is 11.9 Å². The van der Waals surface area contributed by atoms with Gasteiger partial charge in [-0.05, 0) is 53.0 Å². The molecule has 0 aromatic rings. The largest absolute Gasteiger partial charge is 0.444 e. The van der Waals surface area contributed by atoms with Crippen LogP contribution in [-0.2, 0) is 9.53 Å². The van der Waals surface area contributed by atoms with Gasteiger partial charge >= 0.3 is 6.09 Å². The van der Waals surface area contributed by atoms with Gasteiger partial charge in [-0.25, -0.2) is 4.79 Å². The van der Waals surface area contributed by atoms with Crippen LogP contribution in [0.2, 0.25) is 0 Å². The van der Waals surface area contributed by atoms with Crippen LogP contribution in [0.25, 0.3) is 0 Å². The standard InChI is InChI=1S/C21H39NO3/c1-19(16-18-23)15-13-11-9-7-5-6-8-10-12-14-17-22-20(24)25-21(2,3)4/h16,18H,5-15,17H2,1-4H3,(H,22,24)/b19-16+. The highest BCUT2D eigenvalue weighted by atomic mass is 16.6. The van der Waals surface area contributed by atoms with E-state index in [1.165, 1.54) is 56.9 Å². The number of rotatable bonds is 14. The Morgan fingerprint density at radius 2 is 1.36 bits per heavy atom. The first-order valence-corrected chi connectivity index (χ1v) is 9.93. The number of hydrogen-bond acceptors (Lipinski definition) is 3. The molecule has 0 aromatic carbocycles. The highest BCUT2D eigenvalue weighted by molar-refractivity contribution is 5.67. The Kier molecular flexibility index (Phi) is 14.2. The van der Waals surface area contributed by atoms with Crippen LogP contribution < -0.4 is 5.32 Å². The van der Waals surface area contributed by atoms with E-state index in [-0.39, 0.29) is 6.09 Å². The van der Waals surface area contributed by atoms with Crippen LogP contribution >= 0.6 is 0 Å². The lowest BCUT2D eigenvalue weighted by Gasteiger charge is -2.19. The molecule has 0 spiro atoms. The number of alkyl carbamates (subject to hydrolysis) is 1. The smallest absolute Gasteiger partial charge is 0.407 e. The van der Waals surface area contributed by atoms with Gasteiger partial charge in [-0.2, -0.15) is 0 Å². The number of hydrogen-bond donors (Lipinski definition) is 1. The molecule has 1 amide bonds. The average Bonchev–Trinajstić information content (AvgIpc) is 2.50. The summed E-state index contributed by atoms with van der Waals surface area (Å²) in [5.41, 5.74) is 0.769. The van der Waals surface area contributed by atoms with Crippen LogP contribution in [-0.4, -0.2) is 24.5 Å². The normalized spacial score (nSPS) is 12.1. The minimum absolute atomic E-state index is 0.315. The van der Waals surface area contributed by atoms with Crippen molar-refractivity contribution in [2.45, 2.75) is 104 Å². The molecule has 1 N–H and O–H groups in total. The fraction of sp³-hybridized carbons (Fsp3) is 0.810. The number of allylic oxidation sites excluding steroid dienone is 2. The monoisotopic (exact) mass is 353 g/mol. The summed E-state index contributed by atoms with van der Waals surface area (Å²) in [6, 6.07) is 0. The number of nitrogens with one attached hydrogen (secondary N) is 1. The lowest BCUT2D eigenvalue weighted by atomic mass is 10.0. The molecule has 0 heterocycles. The summed E-state index contributed by atoms with van der Waals surface area (Å²) in [5.74, 6) is 0. The molecule has 0 unspecified atom stereocenters. The fourth-order valence-corrected chi connectivity index (χ4v) is 2.65. The van der Waals surface area contributed by atoms with Crippen LogP contribution in [0.15, 0.2) is 11.6 Å². The molecule has 25 heavy (non-hydrogen) atoms. The number of unbranched alkanes of at least 4 members (excludes halogenated alkanes) is 9. The molecule has 4 heteroatoms. The number of carbonyl (C=O) groups excluding carboxylic acids is 2. The first kappa shape index (κ1) is 23.7. The predicted molar refractivity (Wildman–Crippen MR) is 105 cm³/mol. The zero-order chi connectivity index (χ0) is 19.0. The van der Waals surface area contributed by atoms with Crippen LogP contribution in [0, 0.1) is 0 Å². The topological polar surface area (TPSA) is 55.4 Å². The van der Waals surface area contributed by atoms with Crippen LogP contribution in [0.5, 0.6) is 0 Å². The molecule has 146 valence electrons. The van der Waals surface area contributed by atoms with Gasteiger partial charge in [-0.15, -0.1) is 0 Å². The van der Waals surface area contributed by atoms with Crippen LogP contribution in [0.4, 0.5) is 4.79 Å². The van der Waals surface area contributed by atoms with Crippen molar-refractivity contribution in [2.24, 2.45) is 0 Å². The van der Waals surface area contributed by atoms with Crippen molar-refractivity contribution in [3.05, 3.63) is 11.6 Å². The van der Waals surface area contributed by atoms with Gasteiger partial charge in [0, 0.05) is 6.54 Å². The third kappa shape index (κ3) is 18.9. The van der Waals surface area contributed by atoms with Gasteiger partial charge < -0.3 is 10.1 Å². The summed E-state index contributed by atoms with van der Waals surface area (Å²) in [4.78, 5) is 21.8. The van der Waals surface area contributed by atoms with E-state index >= 15 is 0 Å². The molecule has 0 radical (unpaired) electrons. The molecule has 0 atom stereocenters. The molecular weight excluding hydrogens is 314 g/mol. The number of aldehydes is 1. The maximum atomic E-state index is 11.5. The average molecular weight is 354 g/mol. The lowest BCUT2D eigenvalue weighted by molar-refractivity contribution is -0.104. The third-order valence-electron chi connectivity index (χ3n) is 4.02. The van der Waals surface area contributed by atoms with Crippen molar-refractivity contribution >= 4 is 12.4 Å². The van der Waals surface area contributed by atoms with Gasteiger partial charge in [0.2, 0.25) is 0 Å². The first-order valence-electron chi connectivity index (χ1n) is 9.93. The molecule has 0 rings (SSSR count). The quantitative estimate of drug-likeness (QED) is 0.238. The molecule has 0 fully saturated rings. The third-order valence-corrected chi connectivity index (χ3v) is 4.02. The summed E-state index contributed by atoms with van der Waals surface area (Å²) in [6.07, 6.45) is 15.7. The second-order valence-electron chi connectivity index (χ2n) is 7.86. The van der Waals surface area contributed by atoms with E-state index < -0.39 is 5.60 Å². The minimum Gasteiger partial charge on any atom is -0.444 e. The zero-order valence-corrected chi connectivity index (χ0v) is 16.9. The number of ether oxygens (including phenoxy) is 1. The molecule has 0 aliphatic rings. The Hall–Kier alpha value is -1.32. The van der Waals surface area contributed by atoms with Crippen molar-refractivity contribution < 1.29 is 14.3 Å². The molecular formula is C21H39NO3. The molecule has 0 aliphatic heterocycles. The second-order valence-corrected chi connectivity index (χ2v) is 7.86. The molecule has 0 aromatic heterocycles. The first-order chi connectivity index (χ1) is 11.8. The molecule has 4 nitrogen and oxygen atoms in total. The van der Waals surface area contributed by atoms with E-state index in [0.29, 0.717) is 6.54 Å². The van der Waals surface area contributed by atoms with Crippen molar-refractivity contribution in [1.29, 1.82) is 0 Å². The molecule has 0 saturated heterocycles. The summed E-state index contributed by atoms with van der Waals surface area (Å²) in [7, 11) is 0. The predicted octanol–water partition coefficient (Wildman–Crippen LogP) is 5.95. The Bertz CT molecular complexity index is 383. The summed E-state index contributed by atoms with van der Waals surface area (Å²) in [6.45, 7) is 8.35. The van der Waals surface area contributed by atoms with Crippen molar-refractivity contribution in [2.75, 3.05) is 6.54 Å². The van der Waals surface area contributed by atoms with Gasteiger partial charge in [0.05, 0.1) is 0 Å². The Balaban J connectivity index is 3.25. The van der Waals surface area contributed by atoms with Gasteiger partial charge in [-0.3, -0.25) is 4.79 Å². The summed E-state index contributed by atoms with van der Waals surface area (Å²) in [5, 5.41) is 2.80. The summed E-state index contributed by atoms with van der Waals surface area (Å²) >= 11 is 0. The molecule has 0 saturated carbocycles. The Labute approximate surface area is 154 Å². The maximum Gasteiger partial charge on any atom is 0.407 e. The second kappa shape index (κ2) is 15.0. The van der Waals surface area contributed by atoms with E-state index in [9.17, 15) is 9.59 Å². The Morgan fingerprint density at radius 3 is 1.84 bits per heavy atom. The van der Waals surface area contributed by atoms with Crippen LogP contribution in [0.1, 0.15) is 98.3 Å². The molecule has 0 bridgehead atoms. The Morgan fingerprint density at radius 1 is 0.880 bits per heavy atom. The fourth-order valence-electron chi connectivity index (χ4n) is 2.65. The summed E-state index contributed by atoms with van der Waals surface area (Å²) < 4.78 is 5.19. The highest BCUT2D eigenvalue weighted by Gasteiger charge is 2.15. The van der Waals surface area contributed by atoms with Gasteiger partial charge in [-0.1, -0.05) is 56.9 Å². The van der Waals surface area contributed by atoms with E-state index in [1.54, 1.807) is 6.08 Å². The number of amides is 1. The zero-order valence-electron chi connectivity index (χ0n) is 16.9. The minimum atomic E-state index is -0.422. The van der Waals surface area contributed by atoms with Gasteiger partial charge in [0.15, 0.2) is 0 Å². The lowest BCUT2D eigenvalue weighted by Crippen LogP contribution is -2.32. The van der Waals surface area contributed by atoms with Crippen molar-refractivity contribution in [3.63, 3.8) is 0 Å². The maximum absolute atomic E-state index is 11.5. The van der Waals surface area contributed by atoms with Crippen LogP contribution in [0.3, 0.4) is 0 Å². The molecule has 0 aliphatic carbocycles.